The van der Waals surface area contributed by atoms with Crippen molar-refractivity contribution in [2.75, 3.05) is 12.4 Å². The summed E-state index contributed by atoms with van der Waals surface area (Å²) in [7, 11) is -1.04. The largest absolute Gasteiger partial charge is 0.395 e. The number of aliphatic hydroxyl groups excluding tert-OH is 1. The Hall–Kier alpha value is -0.0900. The van der Waals surface area contributed by atoms with Crippen molar-refractivity contribution >= 4 is 34.0 Å². The fourth-order valence-corrected chi connectivity index (χ4v) is 4.05. The monoisotopic (exact) mass is 278 g/mol. The van der Waals surface area contributed by atoms with Gasteiger partial charge in [0.15, 0.2) is 0 Å². The molecule has 0 fully saturated rings. The summed E-state index contributed by atoms with van der Waals surface area (Å²) in [6.45, 7) is -0.0489. The molecule has 88 valence electrons. The zero-order valence-electron chi connectivity index (χ0n) is 8.58. The van der Waals surface area contributed by atoms with Crippen LogP contribution in [0.2, 0.25) is 10.0 Å². The van der Waals surface area contributed by atoms with Crippen molar-refractivity contribution in [2.45, 2.75) is 18.1 Å². The Morgan fingerprint density at radius 2 is 2.19 bits per heavy atom. The molecular weight excluding hydrogens is 267 g/mol. The Morgan fingerprint density at radius 1 is 1.44 bits per heavy atom. The standard InChI is InChI=1S/C11H12Cl2O2S/c12-7-5-9-8(10(13)6-7)1-2-11(9)16(15)4-3-14/h5-6,11,14H,1-4H2/t11-,16+/m1/s1. The highest BCUT2D eigenvalue weighted by Gasteiger charge is 2.29. The maximum atomic E-state index is 11.9. The van der Waals surface area contributed by atoms with Gasteiger partial charge in [0.1, 0.15) is 0 Å². The summed E-state index contributed by atoms with van der Waals surface area (Å²) < 4.78 is 11.9. The topological polar surface area (TPSA) is 37.3 Å². The van der Waals surface area contributed by atoms with E-state index in [9.17, 15) is 4.21 Å². The summed E-state index contributed by atoms with van der Waals surface area (Å²) in [6, 6.07) is 3.56. The number of benzene rings is 1. The highest BCUT2D eigenvalue weighted by atomic mass is 35.5. The van der Waals surface area contributed by atoms with Crippen LogP contribution in [0.5, 0.6) is 0 Å². The highest BCUT2D eigenvalue weighted by Crippen LogP contribution is 2.40. The van der Waals surface area contributed by atoms with Gasteiger partial charge in [0.05, 0.1) is 11.9 Å². The van der Waals surface area contributed by atoms with Crippen molar-refractivity contribution in [3.63, 3.8) is 0 Å². The van der Waals surface area contributed by atoms with Gasteiger partial charge in [-0.1, -0.05) is 23.2 Å². The van der Waals surface area contributed by atoms with E-state index in [1.165, 1.54) is 0 Å². The van der Waals surface area contributed by atoms with E-state index >= 15 is 0 Å². The van der Waals surface area contributed by atoms with Gasteiger partial charge in [0.2, 0.25) is 0 Å². The lowest BCUT2D eigenvalue weighted by Crippen LogP contribution is -2.09. The summed E-state index contributed by atoms with van der Waals surface area (Å²) in [4.78, 5) is 0. The molecule has 0 bridgehead atoms. The van der Waals surface area contributed by atoms with Crippen molar-refractivity contribution in [1.29, 1.82) is 0 Å². The van der Waals surface area contributed by atoms with Crippen LogP contribution >= 0.6 is 23.2 Å². The van der Waals surface area contributed by atoms with Gasteiger partial charge in [0.25, 0.3) is 0 Å². The van der Waals surface area contributed by atoms with E-state index in [1.54, 1.807) is 6.07 Å². The number of hydrogen-bond acceptors (Lipinski definition) is 2. The lowest BCUT2D eigenvalue weighted by Gasteiger charge is -2.11. The first kappa shape index (κ1) is 12.4. The van der Waals surface area contributed by atoms with E-state index in [1.807, 2.05) is 6.07 Å². The van der Waals surface area contributed by atoms with Crippen LogP contribution in [0.25, 0.3) is 0 Å². The molecule has 16 heavy (non-hydrogen) atoms. The molecule has 0 saturated carbocycles. The summed E-state index contributed by atoms with van der Waals surface area (Å²) >= 11 is 12.0. The Labute approximate surface area is 107 Å². The first-order valence-electron chi connectivity index (χ1n) is 5.09. The van der Waals surface area contributed by atoms with Crippen molar-refractivity contribution in [2.24, 2.45) is 0 Å². The van der Waals surface area contributed by atoms with Crippen molar-refractivity contribution < 1.29 is 9.32 Å². The van der Waals surface area contributed by atoms with E-state index in [4.69, 9.17) is 28.3 Å². The Morgan fingerprint density at radius 3 is 2.88 bits per heavy atom. The van der Waals surface area contributed by atoms with Crippen LogP contribution in [0.3, 0.4) is 0 Å². The molecule has 2 nitrogen and oxygen atoms in total. The molecule has 0 aliphatic heterocycles. The van der Waals surface area contributed by atoms with Crippen LogP contribution < -0.4 is 0 Å². The van der Waals surface area contributed by atoms with Crippen molar-refractivity contribution in [3.05, 3.63) is 33.3 Å². The molecule has 0 radical (unpaired) electrons. The van der Waals surface area contributed by atoms with Crippen molar-refractivity contribution in [1.82, 2.24) is 0 Å². The first-order valence-corrected chi connectivity index (χ1v) is 7.23. The number of halogens is 2. The average Bonchev–Trinajstić information content (AvgIpc) is 2.61. The molecule has 1 aromatic carbocycles. The number of aliphatic hydroxyl groups is 1. The van der Waals surface area contributed by atoms with Gasteiger partial charge in [-0.3, -0.25) is 4.21 Å². The fourth-order valence-electron chi connectivity index (χ4n) is 2.11. The van der Waals surface area contributed by atoms with Gasteiger partial charge in [-0.2, -0.15) is 0 Å². The smallest absolute Gasteiger partial charge is 0.0604 e. The number of fused-ring (bicyclic) bond motifs is 1. The minimum absolute atomic E-state index is 0.0293. The molecule has 2 rings (SSSR count). The molecule has 0 aromatic heterocycles. The van der Waals surface area contributed by atoms with Crippen molar-refractivity contribution in [3.8, 4) is 0 Å². The second-order valence-corrected chi connectivity index (χ2v) is 6.37. The highest BCUT2D eigenvalue weighted by molar-refractivity contribution is 7.85. The summed E-state index contributed by atoms with van der Waals surface area (Å²) in [6.07, 6.45) is 1.66. The zero-order chi connectivity index (χ0) is 11.7. The molecule has 2 atom stereocenters. The third-order valence-electron chi connectivity index (χ3n) is 2.81. The quantitative estimate of drug-likeness (QED) is 0.923. The zero-order valence-corrected chi connectivity index (χ0v) is 10.9. The van der Waals surface area contributed by atoms with Gasteiger partial charge >= 0.3 is 0 Å². The number of rotatable bonds is 3. The van der Waals surface area contributed by atoms with Crippen LogP contribution in [0.1, 0.15) is 22.8 Å². The van der Waals surface area contributed by atoms with Gasteiger partial charge in [-0.05, 0) is 36.1 Å². The number of hydrogen-bond donors (Lipinski definition) is 1. The van der Waals surface area contributed by atoms with E-state index in [-0.39, 0.29) is 11.9 Å². The minimum Gasteiger partial charge on any atom is -0.395 e. The molecular formula is C11H12Cl2O2S. The lowest BCUT2D eigenvalue weighted by molar-refractivity contribution is 0.321. The average molecular weight is 279 g/mol. The molecule has 5 heteroatoms. The summed E-state index contributed by atoms with van der Waals surface area (Å²) in [5.74, 6) is 0.314. The molecule has 0 amide bonds. The maximum absolute atomic E-state index is 11.9. The lowest BCUT2D eigenvalue weighted by atomic mass is 10.1. The second-order valence-electron chi connectivity index (χ2n) is 3.79. The van der Waals surface area contributed by atoms with Gasteiger partial charge in [-0.25, -0.2) is 0 Å². The molecule has 0 heterocycles. The maximum Gasteiger partial charge on any atom is 0.0604 e. The molecule has 0 saturated heterocycles. The SMILES string of the molecule is O=[S@@](CCO)[C@@H]1CCc2c(Cl)cc(Cl)cc21. The normalized spacial score (nSPS) is 20.8. The van der Waals surface area contributed by atoms with Crippen LogP contribution in [0.15, 0.2) is 12.1 Å². The minimum atomic E-state index is -1.04. The summed E-state index contributed by atoms with van der Waals surface area (Å²) in [5, 5.41) is 10.0. The van der Waals surface area contributed by atoms with Gasteiger partial charge in [-0.15, -0.1) is 0 Å². The third-order valence-corrected chi connectivity index (χ3v) is 5.07. The molecule has 1 aliphatic rings. The Bertz CT molecular complexity index is 434. The predicted molar refractivity (Wildman–Crippen MR) is 67.6 cm³/mol. The van der Waals surface area contributed by atoms with Crippen LogP contribution in [0, 0.1) is 0 Å². The molecule has 1 aromatic rings. The van der Waals surface area contributed by atoms with Gasteiger partial charge in [0, 0.05) is 26.6 Å². The van der Waals surface area contributed by atoms with Crippen LogP contribution in [0.4, 0.5) is 0 Å². The fraction of sp³-hybridized carbons (Fsp3) is 0.455. The van der Waals surface area contributed by atoms with Crippen LogP contribution in [-0.2, 0) is 17.2 Å². The molecule has 1 aliphatic carbocycles. The summed E-state index contributed by atoms with van der Waals surface area (Å²) in [5.41, 5.74) is 2.05. The second kappa shape index (κ2) is 5.05. The molecule has 0 spiro atoms. The Balaban J connectivity index is 2.35. The van der Waals surface area contributed by atoms with E-state index in [2.05, 4.69) is 0 Å². The third kappa shape index (κ3) is 2.28. The van der Waals surface area contributed by atoms with Crippen LogP contribution in [-0.4, -0.2) is 21.7 Å². The molecule has 1 N–H and O–H groups in total. The predicted octanol–water partition coefficient (Wildman–Crippen LogP) is 2.72. The molecule has 0 unspecified atom stereocenters. The first-order chi connectivity index (χ1) is 7.63. The van der Waals surface area contributed by atoms with Gasteiger partial charge < -0.3 is 5.11 Å². The Kier molecular flexibility index (Phi) is 3.90. The van der Waals surface area contributed by atoms with E-state index in [0.717, 1.165) is 24.0 Å². The van der Waals surface area contributed by atoms with E-state index in [0.29, 0.717) is 15.8 Å². The van der Waals surface area contributed by atoms with E-state index < -0.39 is 10.8 Å².